The number of hydrogen-bond acceptors (Lipinski definition) is 2. The van der Waals surface area contributed by atoms with Crippen LogP contribution < -0.4 is 4.90 Å². The zero-order chi connectivity index (χ0) is 15.0. The normalized spacial score (nSPS) is 24.7. The minimum Gasteiger partial charge on any atom is -0.481 e. The van der Waals surface area contributed by atoms with Crippen LogP contribution in [0.1, 0.15) is 31.2 Å². The molecule has 0 aromatic heterocycles. The highest BCUT2D eigenvalue weighted by molar-refractivity contribution is 9.10. The van der Waals surface area contributed by atoms with Gasteiger partial charge in [0.05, 0.1) is 5.92 Å². The first kappa shape index (κ1) is 14.6. The lowest BCUT2D eigenvalue weighted by atomic mass is 9.98. The highest BCUT2D eigenvalue weighted by Gasteiger charge is 2.37. The molecule has 1 N–H and O–H groups in total. The number of fused-ring (bicyclic) bond motifs is 1. The standard InChI is InChI=1S/C16H18BrNO3/c17-13-5-6-14-10(9-13)2-1-7-18(14)15(19)11-3-4-12(8-11)16(20)21/h5-6,9,11-12H,1-4,7-8H2,(H,20,21)/t11-,12+/m0/s1. The van der Waals surface area contributed by atoms with Crippen molar-refractivity contribution in [2.75, 3.05) is 11.4 Å². The zero-order valence-corrected chi connectivity index (χ0v) is 13.3. The molecule has 0 spiro atoms. The maximum absolute atomic E-state index is 12.7. The number of amides is 1. The van der Waals surface area contributed by atoms with E-state index >= 15 is 0 Å². The van der Waals surface area contributed by atoms with Crippen LogP contribution >= 0.6 is 15.9 Å². The van der Waals surface area contributed by atoms with Crippen LogP contribution in [0.4, 0.5) is 5.69 Å². The van der Waals surface area contributed by atoms with Crippen LogP contribution in [0.25, 0.3) is 0 Å². The molecule has 1 fully saturated rings. The van der Waals surface area contributed by atoms with Crippen LogP contribution in [-0.2, 0) is 16.0 Å². The number of anilines is 1. The van der Waals surface area contributed by atoms with Crippen molar-refractivity contribution in [1.82, 2.24) is 0 Å². The lowest BCUT2D eigenvalue weighted by Gasteiger charge is -2.31. The largest absolute Gasteiger partial charge is 0.481 e. The van der Waals surface area contributed by atoms with Gasteiger partial charge in [-0.15, -0.1) is 0 Å². The predicted octanol–water partition coefficient (Wildman–Crippen LogP) is 3.23. The van der Waals surface area contributed by atoms with Crippen LogP contribution in [0, 0.1) is 11.8 Å². The molecule has 2 atom stereocenters. The molecule has 21 heavy (non-hydrogen) atoms. The van der Waals surface area contributed by atoms with E-state index in [1.807, 2.05) is 17.0 Å². The number of carbonyl (C=O) groups excluding carboxylic acids is 1. The molecule has 1 saturated carbocycles. The van der Waals surface area contributed by atoms with Crippen LogP contribution in [0.2, 0.25) is 0 Å². The van der Waals surface area contributed by atoms with Gasteiger partial charge in [0.1, 0.15) is 0 Å². The molecule has 0 unspecified atom stereocenters. The van der Waals surface area contributed by atoms with Gasteiger partial charge in [-0.05, 0) is 55.9 Å². The summed E-state index contributed by atoms with van der Waals surface area (Å²) in [5, 5.41) is 9.08. The molecule has 2 aliphatic rings. The van der Waals surface area contributed by atoms with E-state index in [-0.39, 0.29) is 17.7 Å². The molecule has 0 saturated heterocycles. The first-order valence-electron chi connectivity index (χ1n) is 7.39. The van der Waals surface area contributed by atoms with Gasteiger partial charge in [-0.2, -0.15) is 0 Å². The molecule has 1 aliphatic heterocycles. The second-order valence-electron chi connectivity index (χ2n) is 5.91. The first-order chi connectivity index (χ1) is 10.1. The minimum atomic E-state index is -0.770. The van der Waals surface area contributed by atoms with Crippen molar-refractivity contribution in [2.24, 2.45) is 11.8 Å². The van der Waals surface area contributed by atoms with Crippen LogP contribution in [0.15, 0.2) is 22.7 Å². The fourth-order valence-corrected chi connectivity index (χ4v) is 3.85. The van der Waals surface area contributed by atoms with Gasteiger partial charge in [-0.3, -0.25) is 9.59 Å². The number of aliphatic carboxylic acids is 1. The number of aryl methyl sites for hydroxylation is 1. The summed E-state index contributed by atoms with van der Waals surface area (Å²) in [6, 6.07) is 6.02. The lowest BCUT2D eigenvalue weighted by molar-refractivity contribution is -0.141. The maximum Gasteiger partial charge on any atom is 0.306 e. The summed E-state index contributed by atoms with van der Waals surface area (Å²) in [7, 11) is 0. The number of hydrogen-bond donors (Lipinski definition) is 1. The summed E-state index contributed by atoms with van der Waals surface area (Å²) in [4.78, 5) is 25.7. The Labute approximate surface area is 132 Å². The first-order valence-corrected chi connectivity index (χ1v) is 8.18. The third-order valence-electron chi connectivity index (χ3n) is 4.56. The molecule has 0 bridgehead atoms. The molecule has 0 radical (unpaired) electrons. The van der Waals surface area contributed by atoms with Gasteiger partial charge in [0, 0.05) is 22.6 Å². The summed E-state index contributed by atoms with van der Waals surface area (Å²) in [6.07, 6.45) is 3.74. The Morgan fingerprint density at radius 3 is 2.71 bits per heavy atom. The average Bonchev–Trinajstić information content (AvgIpc) is 2.95. The molecule has 5 heteroatoms. The third kappa shape index (κ3) is 2.84. The molecule has 1 aromatic rings. The van der Waals surface area contributed by atoms with Gasteiger partial charge in [0.25, 0.3) is 0 Å². The van der Waals surface area contributed by atoms with Gasteiger partial charge in [0.15, 0.2) is 0 Å². The summed E-state index contributed by atoms with van der Waals surface area (Å²) < 4.78 is 1.03. The number of benzene rings is 1. The van der Waals surface area contributed by atoms with Crippen LogP contribution in [0.3, 0.4) is 0 Å². The molecule has 1 heterocycles. The van der Waals surface area contributed by atoms with Crippen molar-refractivity contribution in [3.8, 4) is 0 Å². The molecule has 112 valence electrons. The topological polar surface area (TPSA) is 57.6 Å². The van der Waals surface area contributed by atoms with E-state index in [2.05, 4.69) is 22.0 Å². The molecular weight excluding hydrogens is 334 g/mol. The quantitative estimate of drug-likeness (QED) is 0.889. The number of nitrogens with zero attached hydrogens (tertiary/aromatic N) is 1. The van der Waals surface area contributed by atoms with Crippen molar-refractivity contribution in [3.63, 3.8) is 0 Å². The second kappa shape index (κ2) is 5.79. The Hall–Kier alpha value is -1.36. The van der Waals surface area contributed by atoms with Gasteiger partial charge in [0.2, 0.25) is 5.91 Å². The Balaban J connectivity index is 1.79. The highest BCUT2D eigenvalue weighted by atomic mass is 79.9. The second-order valence-corrected chi connectivity index (χ2v) is 6.83. The van der Waals surface area contributed by atoms with Crippen molar-refractivity contribution >= 4 is 33.5 Å². The molecule has 4 nitrogen and oxygen atoms in total. The van der Waals surface area contributed by atoms with Crippen molar-refractivity contribution in [1.29, 1.82) is 0 Å². The van der Waals surface area contributed by atoms with E-state index in [1.165, 1.54) is 5.56 Å². The van der Waals surface area contributed by atoms with Crippen LogP contribution in [0.5, 0.6) is 0 Å². The summed E-state index contributed by atoms with van der Waals surface area (Å²) in [5.74, 6) is -1.16. The minimum absolute atomic E-state index is 0.0991. The fraction of sp³-hybridized carbons (Fsp3) is 0.500. The maximum atomic E-state index is 12.7. The molecular formula is C16H18BrNO3. The van der Waals surface area contributed by atoms with Crippen LogP contribution in [-0.4, -0.2) is 23.5 Å². The van der Waals surface area contributed by atoms with E-state index in [0.29, 0.717) is 19.3 Å². The number of rotatable bonds is 2. The average molecular weight is 352 g/mol. The zero-order valence-electron chi connectivity index (χ0n) is 11.7. The number of carbonyl (C=O) groups is 2. The fourth-order valence-electron chi connectivity index (χ4n) is 3.45. The van der Waals surface area contributed by atoms with Gasteiger partial charge >= 0.3 is 5.97 Å². The molecule has 1 aliphatic carbocycles. The number of halogens is 1. The Kier molecular flexibility index (Phi) is 4.02. The van der Waals surface area contributed by atoms with E-state index in [1.54, 1.807) is 0 Å². The number of carboxylic acids is 1. The van der Waals surface area contributed by atoms with Crippen molar-refractivity contribution in [2.45, 2.75) is 32.1 Å². The van der Waals surface area contributed by atoms with Gasteiger partial charge in [-0.25, -0.2) is 0 Å². The summed E-state index contributed by atoms with van der Waals surface area (Å²) in [5.41, 5.74) is 2.19. The van der Waals surface area contributed by atoms with Crippen molar-refractivity contribution in [3.05, 3.63) is 28.2 Å². The van der Waals surface area contributed by atoms with E-state index in [4.69, 9.17) is 5.11 Å². The van der Waals surface area contributed by atoms with Crippen molar-refractivity contribution < 1.29 is 14.7 Å². The molecule has 3 rings (SSSR count). The predicted molar refractivity (Wildman–Crippen MR) is 83.3 cm³/mol. The van der Waals surface area contributed by atoms with Gasteiger partial charge in [-0.1, -0.05) is 15.9 Å². The van der Waals surface area contributed by atoms with E-state index in [0.717, 1.165) is 29.5 Å². The Morgan fingerprint density at radius 1 is 1.24 bits per heavy atom. The highest BCUT2D eigenvalue weighted by Crippen LogP contribution is 2.36. The smallest absolute Gasteiger partial charge is 0.306 e. The monoisotopic (exact) mass is 351 g/mol. The van der Waals surface area contributed by atoms with Gasteiger partial charge < -0.3 is 10.0 Å². The SMILES string of the molecule is O=C(O)[C@@H]1CC[C@H](C(=O)N2CCCc3cc(Br)ccc32)C1. The molecule has 1 amide bonds. The summed E-state index contributed by atoms with van der Waals surface area (Å²) >= 11 is 3.47. The Morgan fingerprint density at radius 2 is 2.00 bits per heavy atom. The van der Waals surface area contributed by atoms with E-state index in [9.17, 15) is 9.59 Å². The Bertz CT molecular complexity index is 587. The van der Waals surface area contributed by atoms with E-state index < -0.39 is 5.97 Å². The lowest BCUT2D eigenvalue weighted by Crippen LogP contribution is -2.39. The molecule has 1 aromatic carbocycles. The summed E-state index contributed by atoms with van der Waals surface area (Å²) in [6.45, 7) is 0.738. The third-order valence-corrected chi connectivity index (χ3v) is 5.05. The number of carboxylic acid groups (broad SMARTS) is 1.